The molecule has 1 atom stereocenters. The lowest BCUT2D eigenvalue weighted by Gasteiger charge is -2.26. The number of carboxylic acid groups (broad SMARTS) is 1. The van der Waals surface area contributed by atoms with Crippen LogP contribution in [-0.2, 0) is 14.3 Å². The van der Waals surface area contributed by atoms with Crippen LogP contribution in [0, 0.1) is 3.57 Å². The van der Waals surface area contributed by atoms with Crippen molar-refractivity contribution in [1.29, 1.82) is 0 Å². The number of rotatable bonds is 9. The van der Waals surface area contributed by atoms with Gasteiger partial charge in [-0.25, -0.2) is 9.59 Å². The van der Waals surface area contributed by atoms with Crippen LogP contribution in [0.15, 0.2) is 18.2 Å². The van der Waals surface area contributed by atoms with Gasteiger partial charge in [-0.15, -0.1) is 0 Å². The number of unbranched alkanes of at least 4 members (excludes halogenated alkanes) is 1. The molecule has 0 unspecified atom stereocenters. The molecular formula is C18H25IN2O6. The van der Waals surface area contributed by atoms with Gasteiger partial charge in [0.15, 0.2) is 0 Å². The van der Waals surface area contributed by atoms with E-state index in [1.165, 1.54) is 21.0 Å². The highest BCUT2D eigenvalue weighted by atomic mass is 127. The van der Waals surface area contributed by atoms with Crippen LogP contribution in [0.25, 0.3) is 0 Å². The van der Waals surface area contributed by atoms with Crippen molar-refractivity contribution in [3.05, 3.63) is 27.3 Å². The number of hydrogen-bond donors (Lipinski definition) is 3. The van der Waals surface area contributed by atoms with Crippen LogP contribution in [0.2, 0.25) is 0 Å². The van der Waals surface area contributed by atoms with E-state index < -0.39 is 29.6 Å². The van der Waals surface area contributed by atoms with Gasteiger partial charge in [0, 0.05) is 0 Å². The Bertz CT molecular complexity index is 692. The predicted octanol–water partition coefficient (Wildman–Crippen LogP) is 2.85. The zero-order valence-corrected chi connectivity index (χ0v) is 18.0. The van der Waals surface area contributed by atoms with Crippen molar-refractivity contribution in [2.45, 2.75) is 45.2 Å². The highest BCUT2D eigenvalue weighted by Gasteiger charge is 2.33. The zero-order valence-electron chi connectivity index (χ0n) is 15.8. The minimum Gasteiger partial charge on any atom is -0.496 e. The van der Waals surface area contributed by atoms with Crippen molar-refractivity contribution in [1.82, 2.24) is 10.6 Å². The van der Waals surface area contributed by atoms with Gasteiger partial charge in [0.05, 0.1) is 17.3 Å². The number of alkyl carbamates (subject to hydrolysis) is 1. The smallest absolute Gasteiger partial charge is 0.408 e. The number of halogens is 1. The van der Waals surface area contributed by atoms with E-state index in [-0.39, 0.29) is 6.61 Å². The fourth-order valence-corrected chi connectivity index (χ4v) is 2.82. The molecule has 0 heterocycles. The second-order valence-electron chi connectivity index (χ2n) is 6.38. The number of hydrogen-bond acceptors (Lipinski definition) is 5. The number of benzene rings is 1. The van der Waals surface area contributed by atoms with Crippen LogP contribution in [0.5, 0.6) is 5.75 Å². The summed E-state index contributed by atoms with van der Waals surface area (Å²) in [5.74, 6) is -1.23. The first-order chi connectivity index (χ1) is 12.6. The Labute approximate surface area is 172 Å². The number of ether oxygens (including phenoxy) is 2. The molecule has 0 aliphatic rings. The van der Waals surface area contributed by atoms with Crippen LogP contribution >= 0.6 is 22.6 Å². The van der Waals surface area contributed by atoms with Gasteiger partial charge in [0.25, 0.3) is 0 Å². The third-order valence-corrected chi connectivity index (χ3v) is 4.58. The molecule has 0 aliphatic carbocycles. The minimum absolute atomic E-state index is 0.234. The highest BCUT2D eigenvalue weighted by molar-refractivity contribution is 14.1. The quantitative estimate of drug-likeness (QED) is 0.361. The summed E-state index contributed by atoms with van der Waals surface area (Å²) in [6.07, 6.45) is 0.819. The summed E-state index contributed by atoms with van der Waals surface area (Å²) in [7, 11) is 1.53. The largest absolute Gasteiger partial charge is 0.496 e. The standard InChI is InChI=1S/C18H25IN2O6/c1-5-6-9-27-17(25)20-14(15(22)21-18(2,3)16(23)24)11-7-8-13(26-4)12(19)10-11/h7-8,10,14H,5-6,9H2,1-4H3,(H,20,25)(H,21,22)(H,23,24)/t14-/m0/s1. The van der Waals surface area contributed by atoms with Gasteiger partial charge < -0.3 is 25.2 Å². The SMILES string of the molecule is CCCCOC(=O)N[C@H](C(=O)NC(C)(C)C(=O)O)c1ccc(OC)c(I)c1. The van der Waals surface area contributed by atoms with Crippen molar-refractivity contribution in [2.24, 2.45) is 0 Å². The van der Waals surface area contributed by atoms with Gasteiger partial charge in [-0.1, -0.05) is 19.4 Å². The molecule has 0 spiro atoms. The summed E-state index contributed by atoms with van der Waals surface area (Å²) in [6, 6.07) is 3.87. The second-order valence-corrected chi connectivity index (χ2v) is 7.54. The van der Waals surface area contributed by atoms with Crippen LogP contribution in [0.4, 0.5) is 4.79 Å². The number of carboxylic acids is 1. The van der Waals surface area contributed by atoms with Gasteiger partial charge >= 0.3 is 12.1 Å². The molecule has 0 saturated carbocycles. The molecule has 8 nitrogen and oxygen atoms in total. The molecule has 0 fully saturated rings. The van der Waals surface area contributed by atoms with Gasteiger partial charge in [-0.2, -0.15) is 0 Å². The van der Waals surface area contributed by atoms with E-state index in [0.29, 0.717) is 17.7 Å². The molecule has 3 N–H and O–H groups in total. The average Bonchev–Trinajstić information content (AvgIpc) is 2.59. The summed E-state index contributed by atoms with van der Waals surface area (Å²) in [5, 5.41) is 14.2. The Balaban J connectivity index is 3.08. The number of methoxy groups -OCH3 is 1. The highest BCUT2D eigenvalue weighted by Crippen LogP contribution is 2.25. The van der Waals surface area contributed by atoms with E-state index in [1.54, 1.807) is 18.2 Å². The molecule has 150 valence electrons. The number of aliphatic carboxylic acids is 1. The molecule has 2 amide bonds. The molecular weight excluding hydrogens is 467 g/mol. The second kappa shape index (κ2) is 10.3. The zero-order chi connectivity index (χ0) is 20.6. The molecule has 0 aliphatic heterocycles. The summed E-state index contributed by atoms with van der Waals surface area (Å²) in [6.45, 7) is 4.92. The third kappa shape index (κ3) is 6.89. The number of carbonyl (C=O) groups is 3. The number of carbonyl (C=O) groups excluding carboxylic acids is 2. The van der Waals surface area contributed by atoms with Gasteiger partial charge in [0.1, 0.15) is 17.3 Å². The van der Waals surface area contributed by atoms with Crippen molar-refractivity contribution in [3.8, 4) is 5.75 Å². The maximum Gasteiger partial charge on any atom is 0.408 e. The Morgan fingerprint density at radius 1 is 1.30 bits per heavy atom. The van der Waals surface area contributed by atoms with Gasteiger partial charge in [-0.3, -0.25) is 4.79 Å². The number of nitrogens with one attached hydrogen (secondary N) is 2. The Morgan fingerprint density at radius 2 is 1.96 bits per heavy atom. The van der Waals surface area contributed by atoms with E-state index in [1.807, 2.05) is 29.5 Å². The first kappa shape index (κ1) is 23.0. The van der Waals surface area contributed by atoms with Crippen LogP contribution in [0.3, 0.4) is 0 Å². The van der Waals surface area contributed by atoms with E-state index in [9.17, 15) is 19.5 Å². The van der Waals surface area contributed by atoms with E-state index >= 15 is 0 Å². The minimum atomic E-state index is -1.50. The fourth-order valence-electron chi connectivity index (χ4n) is 2.06. The first-order valence-electron chi connectivity index (χ1n) is 8.44. The van der Waals surface area contributed by atoms with Crippen molar-refractivity contribution < 1.29 is 29.0 Å². The molecule has 1 rings (SSSR count). The lowest BCUT2D eigenvalue weighted by Crippen LogP contribution is -2.53. The van der Waals surface area contributed by atoms with Crippen molar-refractivity contribution >= 4 is 40.6 Å². The molecule has 1 aromatic rings. The molecule has 9 heteroatoms. The average molecular weight is 492 g/mol. The third-order valence-electron chi connectivity index (χ3n) is 3.73. The van der Waals surface area contributed by atoms with Crippen LogP contribution in [0.1, 0.15) is 45.2 Å². The molecule has 27 heavy (non-hydrogen) atoms. The monoisotopic (exact) mass is 492 g/mol. The fraction of sp³-hybridized carbons (Fsp3) is 0.500. The number of amides is 2. The Hall–Kier alpha value is -2.04. The van der Waals surface area contributed by atoms with Gasteiger partial charge in [-0.05, 0) is 60.6 Å². The van der Waals surface area contributed by atoms with Crippen LogP contribution < -0.4 is 15.4 Å². The summed E-state index contributed by atoms with van der Waals surface area (Å²) < 4.78 is 11.0. The summed E-state index contributed by atoms with van der Waals surface area (Å²) in [5.41, 5.74) is -1.02. The van der Waals surface area contributed by atoms with Crippen LogP contribution in [-0.4, -0.2) is 42.3 Å². The van der Waals surface area contributed by atoms with E-state index in [2.05, 4.69) is 10.6 Å². The topological polar surface area (TPSA) is 114 Å². The lowest BCUT2D eigenvalue weighted by atomic mass is 10.0. The molecule has 1 aromatic carbocycles. The Morgan fingerprint density at radius 3 is 2.48 bits per heavy atom. The maximum atomic E-state index is 12.7. The van der Waals surface area contributed by atoms with E-state index in [0.717, 1.165) is 9.99 Å². The lowest BCUT2D eigenvalue weighted by molar-refractivity contribution is -0.146. The molecule has 0 saturated heterocycles. The molecule has 0 radical (unpaired) electrons. The van der Waals surface area contributed by atoms with Gasteiger partial charge in [0.2, 0.25) is 5.91 Å². The van der Waals surface area contributed by atoms with Crippen molar-refractivity contribution in [2.75, 3.05) is 13.7 Å². The van der Waals surface area contributed by atoms with Crippen molar-refractivity contribution in [3.63, 3.8) is 0 Å². The molecule has 0 aromatic heterocycles. The normalized spacial score (nSPS) is 12.0. The summed E-state index contributed by atoms with van der Waals surface area (Å²) >= 11 is 2.05. The Kier molecular flexibility index (Phi) is 8.80. The predicted molar refractivity (Wildman–Crippen MR) is 108 cm³/mol. The maximum absolute atomic E-state index is 12.7. The molecule has 0 bridgehead atoms. The first-order valence-corrected chi connectivity index (χ1v) is 9.52. The van der Waals surface area contributed by atoms with E-state index in [4.69, 9.17) is 9.47 Å². The summed E-state index contributed by atoms with van der Waals surface area (Å²) in [4.78, 5) is 36.1.